The summed E-state index contributed by atoms with van der Waals surface area (Å²) in [6.45, 7) is 1.20. The Morgan fingerprint density at radius 3 is 1.88 bits per heavy atom. The number of rotatable bonds is 0. The van der Waals surface area contributed by atoms with E-state index >= 15 is 0 Å². The van der Waals surface area contributed by atoms with Crippen LogP contribution in [0.1, 0.15) is 0 Å². The lowest BCUT2D eigenvalue weighted by atomic mass is 10.1. The van der Waals surface area contributed by atoms with E-state index in [4.69, 9.17) is 16.4 Å². The lowest BCUT2D eigenvalue weighted by molar-refractivity contribution is 0.167. The van der Waals surface area contributed by atoms with Crippen molar-refractivity contribution in [2.24, 2.45) is 0 Å². The molecule has 25 heavy (non-hydrogen) atoms. The van der Waals surface area contributed by atoms with Gasteiger partial charge in [0.1, 0.15) is 0 Å². The first kappa shape index (κ1) is 16.2. The normalized spacial score (nSPS) is 15.2. The molecule has 4 rings (SSSR count). The maximum atomic E-state index is 6.15. The van der Waals surface area contributed by atoms with Crippen LogP contribution < -0.4 is 11.7 Å². The van der Waals surface area contributed by atoms with Crippen LogP contribution >= 0.6 is 23.5 Å². The minimum absolute atomic E-state index is 0.579. The number of ether oxygens (including phenoxy) is 1. The maximum absolute atomic E-state index is 6.15. The van der Waals surface area contributed by atoms with Crippen molar-refractivity contribution in [3.8, 4) is 22.8 Å². The molecule has 1 aliphatic heterocycles. The molecule has 0 amide bonds. The van der Waals surface area contributed by atoms with Gasteiger partial charge in [-0.1, -0.05) is 41.7 Å². The summed E-state index contributed by atoms with van der Waals surface area (Å²) in [6.07, 6.45) is 0. The van der Waals surface area contributed by atoms with E-state index in [-0.39, 0.29) is 0 Å². The average molecular weight is 376 g/mol. The fraction of sp³-hybridized carbons (Fsp3) is 0.286. The minimum atomic E-state index is 0.579. The molecule has 0 saturated heterocycles. The van der Waals surface area contributed by atoms with E-state index in [0.717, 1.165) is 22.6 Å². The van der Waals surface area contributed by atoms with Gasteiger partial charge in [0, 0.05) is 22.6 Å². The topological polar surface area (TPSA) is 123 Å². The van der Waals surface area contributed by atoms with Crippen molar-refractivity contribution in [3.05, 3.63) is 24.3 Å². The second kappa shape index (κ2) is 6.94. The highest BCUT2D eigenvalue weighted by Gasteiger charge is 2.16. The van der Waals surface area contributed by atoms with Crippen LogP contribution in [0.5, 0.6) is 0 Å². The van der Waals surface area contributed by atoms with Crippen molar-refractivity contribution in [2.75, 3.05) is 36.4 Å². The molecular formula is C14H16N8OS2. The van der Waals surface area contributed by atoms with Crippen LogP contribution in [0.3, 0.4) is 0 Å². The molecule has 0 unspecified atom stereocenters. The van der Waals surface area contributed by atoms with Crippen LogP contribution in [-0.4, -0.2) is 54.5 Å². The van der Waals surface area contributed by atoms with Crippen molar-refractivity contribution >= 4 is 23.5 Å². The van der Waals surface area contributed by atoms with Crippen LogP contribution in [0, 0.1) is 0 Å². The third-order valence-electron chi connectivity index (χ3n) is 3.63. The van der Waals surface area contributed by atoms with E-state index in [1.165, 1.54) is 32.9 Å². The van der Waals surface area contributed by atoms with Crippen LogP contribution in [0.2, 0.25) is 0 Å². The van der Waals surface area contributed by atoms with Gasteiger partial charge in [-0.25, -0.2) is 9.35 Å². The van der Waals surface area contributed by atoms with E-state index in [1.54, 1.807) is 0 Å². The van der Waals surface area contributed by atoms with Gasteiger partial charge in [-0.2, -0.15) is 0 Å². The largest absolute Gasteiger partial charge is 0.380 e. The fourth-order valence-electron chi connectivity index (χ4n) is 2.43. The summed E-state index contributed by atoms with van der Waals surface area (Å²) in [5.74, 6) is 15.0. The monoisotopic (exact) mass is 376 g/mol. The number of nitrogen functional groups attached to an aromatic ring is 2. The number of thioether (sulfide) groups is 2. The van der Waals surface area contributed by atoms with Crippen LogP contribution in [0.25, 0.3) is 22.8 Å². The van der Waals surface area contributed by atoms with Gasteiger partial charge in [0.15, 0.2) is 11.6 Å². The Labute approximate surface area is 152 Å². The van der Waals surface area contributed by atoms with E-state index in [1.807, 2.05) is 24.3 Å². The second-order valence-electron chi connectivity index (χ2n) is 5.24. The molecule has 3 heterocycles. The molecule has 3 aromatic rings. The molecule has 4 N–H and O–H groups in total. The first-order chi connectivity index (χ1) is 12.2. The highest BCUT2D eigenvalue weighted by molar-refractivity contribution is 7.99. The van der Waals surface area contributed by atoms with Gasteiger partial charge in [0.25, 0.3) is 0 Å². The smallest absolute Gasteiger partial charge is 0.210 e. The fourth-order valence-corrected chi connectivity index (χ4v) is 3.84. The van der Waals surface area contributed by atoms with Crippen molar-refractivity contribution in [2.45, 2.75) is 10.3 Å². The molecule has 0 spiro atoms. The predicted octanol–water partition coefficient (Wildman–Crippen LogP) is 0.846. The summed E-state index contributed by atoms with van der Waals surface area (Å²) in [5.41, 5.74) is 1.67. The zero-order valence-electron chi connectivity index (χ0n) is 13.2. The lowest BCUT2D eigenvalue weighted by Gasteiger charge is -2.08. The predicted molar refractivity (Wildman–Crippen MR) is 97.0 cm³/mol. The summed E-state index contributed by atoms with van der Waals surface area (Å²) in [6, 6.07) is 7.68. The second-order valence-corrected chi connectivity index (χ2v) is 7.37. The Hall–Kier alpha value is -2.24. The van der Waals surface area contributed by atoms with Gasteiger partial charge in [0.2, 0.25) is 10.3 Å². The number of hydrogen-bond donors (Lipinski definition) is 2. The zero-order valence-corrected chi connectivity index (χ0v) is 14.8. The van der Waals surface area contributed by atoms with Gasteiger partial charge < -0.3 is 16.4 Å². The van der Waals surface area contributed by atoms with Crippen LogP contribution in [0.4, 0.5) is 0 Å². The molecule has 2 aromatic heterocycles. The standard InChI is InChI=1S/C14H16N8OS2/c15-21-11-9-2-1-3-10(8-9)12-18-20-14(22(12)16)25-7-5-23-4-6-24-13(21)19-17-11/h1-3,8H,4-7,15-16H2. The molecular weight excluding hydrogens is 360 g/mol. The van der Waals surface area contributed by atoms with Gasteiger partial charge >= 0.3 is 0 Å². The third-order valence-corrected chi connectivity index (χ3v) is 5.44. The van der Waals surface area contributed by atoms with Crippen molar-refractivity contribution in [1.82, 2.24) is 29.7 Å². The molecule has 0 fully saturated rings. The number of benzene rings is 1. The summed E-state index contributed by atoms with van der Waals surface area (Å²) >= 11 is 3.03. The first-order valence-corrected chi connectivity index (χ1v) is 9.56. The van der Waals surface area contributed by atoms with Crippen molar-refractivity contribution < 1.29 is 4.74 Å². The Balaban J connectivity index is 1.78. The molecule has 1 aromatic carbocycles. The average Bonchev–Trinajstić information content (AvgIpc) is 3.17. The number of nitrogens with two attached hydrogens (primary N) is 2. The minimum Gasteiger partial charge on any atom is -0.380 e. The summed E-state index contributed by atoms with van der Waals surface area (Å²) in [5, 5.41) is 18.0. The quantitative estimate of drug-likeness (QED) is 0.549. The van der Waals surface area contributed by atoms with Gasteiger partial charge in [0.05, 0.1) is 13.2 Å². The van der Waals surface area contributed by atoms with Crippen LogP contribution in [0.15, 0.2) is 34.6 Å². The number of aromatic nitrogens is 6. The zero-order chi connectivity index (χ0) is 17.2. The molecule has 0 radical (unpaired) electrons. The van der Waals surface area contributed by atoms with E-state index in [0.29, 0.717) is 35.2 Å². The number of nitrogens with zero attached hydrogens (tertiary/aromatic N) is 6. The van der Waals surface area contributed by atoms with Crippen molar-refractivity contribution in [1.29, 1.82) is 0 Å². The lowest BCUT2D eigenvalue weighted by Crippen LogP contribution is -2.13. The molecule has 0 atom stereocenters. The summed E-state index contributed by atoms with van der Waals surface area (Å²) in [4.78, 5) is 0. The molecule has 0 saturated carbocycles. The summed E-state index contributed by atoms with van der Waals surface area (Å²) in [7, 11) is 0. The molecule has 6 bridgehead atoms. The molecule has 11 heteroatoms. The molecule has 1 aliphatic rings. The molecule has 9 nitrogen and oxygen atoms in total. The van der Waals surface area contributed by atoms with Gasteiger partial charge in [-0.05, 0) is 6.07 Å². The Kier molecular flexibility index (Phi) is 4.51. The number of hydrogen-bond acceptors (Lipinski definition) is 9. The van der Waals surface area contributed by atoms with Gasteiger partial charge in [-0.3, -0.25) is 0 Å². The summed E-state index contributed by atoms with van der Waals surface area (Å²) < 4.78 is 8.59. The highest BCUT2D eigenvalue weighted by Crippen LogP contribution is 2.27. The van der Waals surface area contributed by atoms with E-state index < -0.39 is 0 Å². The molecule has 0 aliphatic carbocycles. The Morgan fingerprint density at radius 2 is 1.36 bits per heavy atom. The Bertz CT molecular complexity index is 825. The van der Waals surface area contributed by atoms with E-state index in [9.17, 15) is 0 Å². The number of fused-ring (bicyclic) bond motifs is 8. The van der Waals surface area contributed by atoms with E-state index in [2.05, 4.69) is 20.4 Å². The Morgan fingerprint density at radius 1 is 0.840 bits per heavy atom. The first-order valence-electron chi connectivity index (χ1n) is 7.59. The van der Waals surface area contributed by atoms with Crippen molar-refractivity contribution in [3.63, 3.8) is 0 Å². The highest BCUT2D eigenvalue weighted by atomic mass is 32.2. The van der Waals surface area contributed by atoms with Crippen LogP contribution in [-0.2, 0) is 4.74 Å². The third kappa shape index (κ3) is 3.17. The molecule has 130 valence electrons. The maximum Gasteiger partial charge on any atom is 0.210 e. The SMILES string of the molecule is Nn1c2nnc1-c1cccc(c1)-c1nnc(n1N)SCCOCCS2. The van der Waals surface area contributed by atoms with Gasteiger partial charge in [-0.15, -0.1) is 20.4 Å².